The molecule has 2 unspecified atom stereocenters. The molecule has 1 aliphatic carbocycles. The molecular weight excluding hydrogens is 215 g/mol. The molecule has 2 nitrogen and oxygen atoms in total. The molecular formula is C14H17FN2. The largest absolute Gasteiger partial charge is 0.310 e. The van der Waals surface area contributed by atoms with Crippen LogP contribution in [0.4, 0.5) is 4.39 Å². The van der Waals surface area contributed by atoms with Gasteiger partial charge >= 0.3 is 0 Å². The normalized spacial score (nSPS) is 23.6. The highest BCUT2D eigenvalue weighted by atomic mass is 19.1. The standard InChI is InChI=1S/C14H17FN2/c1-10-2-5-13(6-10)17-9-12-4-3-11(8-16)7-14(12)15/h3-4,7,10,13,17H,2,5-6,9H2,1H3. The molecule has 0 aliphatic heterocycles. The smallest absolute Gasteiger partial charge is 0.129 e. The molecule has 0 spiro atoms. The first kappa shape index (κ1) is 12.1. The molecule has 3 heteroatoms. The van der Waals surface area contributed by atoms with Crippen LogP contribution in [0.15, 0.2) is 18.2 Å². The van der Waals surface area contributed by atoms with Crippen LogP contribution in [0.25, 0.3) is 0 Å². The van der Waals surface area contributed by atoms with E-state index in [9.17, 15) is 4.39 Å². The Kier molecular flexibility index (Phi) is 3.75. The average molecular weight is 232 g/mol. The van der Waals surface area contributed by atoms with Crippen molar-refractivity contribution in [1.29, 1.82) is 5.26 Å². The zero-order valence-electron chi connectivity index (χ0n) is 10.0. The summed E-state index contributed by atoms with van der Waals surface area (Å²) in [5.41, 5.74) is 1.02. The van der Waals surface area contributed by atoms with Gasteiger partial charge in [-0.05, 0) is 37.3 Å². The highest BCUT2D eigenvalue weighted by molar-refractivity contribution is 5.32. The first-order valence-electron chi connectivity index (χ1n) is 6.11. The summed E-state index contributed by atoms with van der Waals surface area (Å²) in [6.45, 7) is 2.80. The minimum atomic E-state index is -0.289. The Balaban J connectivity index is 1.93. The lowest BCUT2D eigenvalue weighted by atomic mass is 10.1. The molecule has 0 amide bonds. The number of nitriles is 1. The third-order valence-electron chi connectivity index (χ3n) is 3.46. The van der Waals surface area contributed by atoms with Crippen molar-refractivity contribution in [3.63, 3.8) is 0 Å². The van der Waals surface area contributed by atoms with Gasteiger partial charge in [0.25, 0.3) is 0 Å². The van der Waals surface area contributed by atoms with E-state index in [1.807, 2.05) is 6.07 Å². The van der Waals surface area contributed by atoms with E-state index in [0.29, 0.717) is 23.7 Å². The summed E-state index contributed by atoms with van der Waals surface area (Å²) in [6.07, 6.45) is 3.62. The quantitative estimate of drug-likeness (QED) is 0.869. The SMILES string of the molecule is CC1CCC(NCc2ccc(C#N)cc2F)C1. The number of hydrogen-bond donors (Lipinski definition) is 1. The molecule has 0 bridgehead atoms. The van der Waals surface area contributed by atoms with Gasteiger partial charge in [-0.2, -0.15) is 5.26 Å². The van der Waals surface area contributed by atoms with Crippen LogP contribution in [-0.4, -0.2) is 6.04 Å². The van der Waals surface area contributed by atoms with Crippen molar-refractivity contribution in [3.05, 3.63) is 35.1 Å². The molecule has 0 radical (unpaired) electrons. The van der Waals surface area contributed by atoms with Crippen molar-refractivity contribution in [2.24, 2.45) is 5.92 Å². The Morgan fingerprint density at radius 2 is 2.29 bits per heavy atom. The minimum absolute atomic E-state index is 0.289. The minimum Gasteiger partial charge on any atom is -0.310 e. The molecule has 17 heavy (non-hydrogen) atoms. The maximum atomic E-state index is 13.6. The van der Waals surface area contributed by atoms with Crippen molar-refractivity contribution in [1.82, 2.24) is 5.32 Å². The summed E-state index contributed by atoms with van der Waals surface area (Å²) in [5, 5.41) is 12.0. The maximum absolute atomic E-state index is 13.6. The van der Waals surface area contributed by atoms with Gasteiger partial charge in [-0.25, -0.2) is 4.39 Å². The van der Waals surface area contributed by atoms with Crippen molar-refractivity contribution in [2.45, 2.75) is 38.8 Å². The molecule has 1 aromatic carbocycles. The van der Waals surface area contributed by atoms with Gasteiger partial charge in [-0.3, -0.25) is 0 Å². The van der Waals surface area contributed by atoms with Crippen molar-refractivity contribution < 1.29 is 4.39 Å². The van der Waals surface area contributed by atoms with Crippen LogP contribution in [0, 0.1) is 23.1 Å². The maximum Gasteiger partial charge on any atom is 0.129 e. The molecule has 1 aliphatic rings. The van der Waals surface area contributed by atoms with Gasteiger partial charge in [-0.1, -0.05) is 13.0 Å². The van der Waals surface area contributed by atoms with E-state index in [1.165, 1.54) is 25.3 Å². The lowest BCUT2D eigenvalue weighted by Gasteiger charge is -2.12. The van der Waals surface area contributed by atoms with Gasteiger partial charge in [0.1, 0.15) is 5.82 Å². The Labute approximate surface area is 101 Å². The summed E-state index contributed by atoms with van der Waals surface area (Å²) in [6, 6.07) is 7.11. The molecule has 1 aromatic rings. The molecule has 1 N–H and O–H groups in total. The fourth-order valence-corrected chi connectivity index (χ4v) is 2.41. The first-order chi connectivity index (χ1) is 8.19. The Bertz CT molecular complexity index is 436. The van der Waals surface area contributed by atoms with Crippen LogP contribution in [0.1, 0.15) is 37.3 Å². The number of benzene rings is 1. The lowest BCUT2D eigenvalue weighted by molar-refractivity contribution is 0.491. The number of rotatable bonds is 3. The van der Waals surface area contributed by atoms with Crippen molar-refractivity contribution in [2.75, 3.05) is 0 Å². The average Bonchev–Trinajstić information content (AvgIpc) is 2.73. The molecule has 1 fully saturated rings. The number of halogens is 1. The molecule has 1 saturated carbocycles. The molecule has 0 saturated heterocycles. The van der Waals surface area contributed by atoms with E-state index in [0.717, 1.165) is 5.92 Å². The third-order valence-corrected chi connectivity index (χ3v) is 3.46. The fraction of sp³-hybridized carbons (Fsp3) is 0.500. The van der Waals surface area contributed by atoms with Gasteiger partial charge in [0.15, 0.2) is 0 Å². The van der Waals surface area contributed by atoms with E-state index < -0.39 is 0 Å². The van der Waals surface area contributed by atoms with Crippen LogP contribution >= 0.6 is 0 Å². The van der Waals surface area contributed by atoms with Crippen molar-refractivity contribution >= 4 is 0 Å². The highest BCUT2D eigenvalue weighted by Gasteiger charge is 2.20. The molecule has 0 heterocycles. The summed E-state index contributed by atoms with van der Waals surface area (Å²) < 4.78 is 13.6. The van der Waals surface area contributed by atoms with E-state index >= 15 is 0 Å². The summed E-state index contributed by atoms with van der Waals surface area (Å²) >= 11 is 0. The predicted octanol–water partition coefficient (Wildman–Crippen LogP) is 2.98. The van der Waals surface area contributed by atoms with Crippen LogP contribution in [0.5, 0.6) is 0 Å². The first-order valence-corrected chi connectivity index (χ1v) is 6.11. The zero-order valence-corrected chi connectivity index (χ0v) is 10.0. The topological polar surface area (TPSA) is 35.8 Å². The van der Waals surface area contributed by atoms with Crippen LogP contribution in [0.2, 0.25) is 0 Å². The Hall–Kier alpha value is -1.40. The second-order valence-electron chi connectivity index (χ2n) is 4.91. The molecule has 90 valence electrons. The van der Waals surface area contributed by atoms with Gasteiger partial charge in [0.2, 0.25) is 0 Å². The highest BCUT2D eigenvalue weighted by Crippen LogP contribution is 2.25. The van der Waals surface area contributed by atoms with Crippen molar-refractivity contribution in [3.8, 4) is 6.07 Å². The fourth-order valence-electron chi connectivity index (χ4n) is 2.41. The Morgan fingerprint density at radius 1 is 1.47 bits per heavy atom. The van der Waals surface area contributed by atoms with Gasteiger partial charge < -0.3 is 5.32 Å². The number of nitrogens with one attached hydrogen (secondary N) is 1. The summed E-state index contributed by atoms with van der Waals surface area (Å²) in [5.74, 6) is 0.487. The van der Waals surface area contributed by atoms with Crippen LogP contribution < -0.4 is 5.32 Å². The molecule has 0 aromatic heterocycles. The molecule has 2 atom stereocenters. The number of hydrogen-bond acceptors (Lipinski definition) is 2. The lowest BCUT2D eigenvalue weighted by Crippen LogP contribution is -2.26. The number of nitrogens with zero attached hydrogens (tertiary/aromatic N) is 1. The van der Waals surface area contributed by atoms with E-state index in [1.54, 1.807) is 12.1 Å². The second kappa shape index (κ2) is 5.29. The monoisotopic (exact) mass is 232 g/mol. The second-order valence-corrected chi connectivity index (χ2v) is 4.91. The van der Waals surface area contributed by atoms with Gasteiger partial charge in [0.05, 0.1) is 11.6 Å². The van der Waals surface area contributed by atoms with Crippen LogP contribution in [0.3, 0.4) is 0 Å². The summed E-state index contributed by atoms with van der Waals surface area (Å²) in [4.78, 5) is 0. The zero-order chi connectivity index (χ0) is 12.3. The van der Waals surface area contributed by atoms with Gasteiger partial charge in [-0.15, -0.1) is 0 Å². The Morgan fingerprint density at radius 3 is 2.88 bits per heavy atom. The third kappa shape index (κ3) is 3.04. The van der Waals surface area contributed by atoms with Crippen LogP contribution in [-0.2, 0) is 6.54 Å². The van der Waals surface area contributed by atoms with E-state index in [2.05, 4.69) is 12.2 Å². The summed E-state index contributed by atoms with van der Waals surface area (Å²) in [7, 11) is 0. The predicted molar refractivity (Wildman–Crippen MR) is 64.8 cm³/mol. The van der Waals surface area contributed by atoms with Gasteiger partial charge in [0, 0.05) is 18.2 Å². The molecule has 2 rings (SSSR count). The van der Waals surface area contributed by atoms with E-state index in [4.69, 9.17) is 5.26 Å². The van der Waals surface area contributed by atoms with E-state index in [-0.39, 0.29) is 5.82 Å².